The molecule has 3 N–H and O–H groups in total. The Kier molecular flexibility index (Phi) is 3.65. The van der Waals surface area contributed by atoms with E-state index in [9.17, 15) is 5.11 Å². The van der Waals surface area contributed by atoms with Gasteiger partial charge in [-0.2, -0.15) is 5.26 Å². The number of nitrogen functional groups attached to an aromatic ring is 1. The number of rotatable bonds is 2. The van der Waals surface area contributed by atoms with Gasteiger partial charge in [0.1, 0.15) is 5.75 Å². The van der Waals surface area contributed by atoms with Gasteiger partial charge in [-0.25, -0.2) is 9.97 Å². The van der Waals surface area contributed by atoms with Crippen LogP contribution in [0.1, 0.15) is 11.3 Å². The number of nitrogens with zero attached hydrogens (tertiary/aromatic N) is 3. The molecule has 1 heterocycles. The molecule has 112 valence electrons. The van der Waals surface area contributed by atoms with Crippen LogP contribution in [-0.2, 0) is 0 Å². The zero-order valence-electron chi connectivity index (χ0n) is 12.5. The maximum atomic E-state index is 9.75. The minimum absolute atomic E-state index is 0.162. The summed E-state index contributed by atoms with van der Waals surface area (Å²) in [5.74, 6) is 0.333. The molecule has 0 unspecified atom stereocenters. The topological polar surface area (TPSA) is 95.8 Å². The SMILES string of the molecule is Cc1nc(N)nc(-c2cccc(C#N)c2)c1-c1cccc(O)c1. The summed E-state index contributed by atoms with van der Waals surface area (Å²) in [7, 11) is 0. The van der Waals surface area contributed by atoms with E-state index in [2.05, 4.69) is 16.0 Å². The minimum Gasteiger partial charge on any atom is -0.508 e. The van der Waals surface area contributed by atoms with Crippen molar-refractivity contribution in [1.82, 2.24) is 9.97 Å². The number of aromatic hydroxyl groups is 1. The molecule has 0 aliphatic carbocycles. The third-order valence-corrected chi connectivity index (χ3v) is 3.51. The second kappa shape index (κ2) is 5.78. The van der Waals surface area contributed by atoms with Crippen LogP contribution in [0.15, 0.2) is 48.5 Å². The fraction of sp³-hybridized carbons (Fsp3) is 0.0556. The molecule has 3 aromatic rings. The number of anilines is 1. The summed E-state index contributed by atoms with van der Waals surface area (Å²) in [6.45, 7) is 1.84. The van der Waals surface area contributed by atoms with Crippen LogP contribution >= 0.6 is 0 Å². The van der Waals surface area contributed by atoms with Gasteiger partial charge in [0.25, 0.3) is 0 Å². The average Bonchev–Trinajstić information content (AvgIpc) is 2.54. The van der Waals surface area contributed by atoms with E-state index in [1.807, 2.05) is 19.1 Å². The van der Waals surface area contributed by atoms with Crippen molar-refractivity contribution < 1.29 is 5.11 Å². The predicted molar refractivity (Wildman–Crippen MR) is 88.4 cm³/mol. The smallest absolute Gasteiger partial charge is 0.220 e. The lowest BCUT2D eigenvalue weighted by molar-refractivity contribution is 0.475. The number of nitrogens with two attached hydrogens (primary N) is 1. The number of hydrogen-bond acceptors (Lipinski definition) is 5. The van der Waals surface area contributed by atoms with Crippen molar-refractivity contribution in [2.75, 3.05) is 5.73 Å². The first-order valence-corrected chi connectivity index (χ1v) is 7.02. The molecule has 0 saturated heterocycles. The molecular formula is C18H14N4O. The van der Waals surface area contributed by atoms with E-state index >= 15 is 0 Å². The van der Waals surface area contributed by atoms with E-state index in [0.717, 1.165) is 16.7 Å². The summed E-state index contributed by atoms with van der Waals surface area (Å²) in [5, 5.41) is 18.9. The molecule has 0 radical (unpaired) electrons. The van der Waals surface area contributed by atoms with Gasteiger partial charge in [0, 0.05) is 11.1 Å². The third-order valence-electron chi connectivity index (χ3n) is 3.51. The summed E-state index contributed by atoms with van der Waals surface area (Å²) in [6.07, 6.45) is 0. The van der Waals surface area contributed by atoms with Crippen molar-refractivity contribution in [3.8, 4) is 34.2 Å². The number of benzene rings is 2. The molecule has 0 spiro atoms. The number of aromatic nitrogens is 2. The monoisotopic (exact) mass is 302 g/mol. The van der Waals surface area contributed by atoms with E-state index in [-0.39, 0.29) is 11.7 Å². The number of phenolic OH excluding ortho intramolecular Hbond substituents is 1. The molecule has 3 rings (SSSR count). The number of nitriles is 1. The lowest BCUT2D eigenvalue weighted by Crippen LogP contribution is -2.02. The molecule has 0 aliphatic heterocycles. The van der Waals surface area contributed by atoms with Gasteiger partial charge >= 0.3 is 0 Å². The lowest BCUT2D eigenvalue weighted by atomic mass is 9.97. The van der Waals surface area contributed by atoms with E-state index in [1.165, 1.54) is 0 Å². The molecule has 0 atom stereocenters. The number of aryl methyl sites for hydroxylation is 1. The van der Waals surface area contributed by atoms with Gasteiger partial charge in [-0.05, 0) is 36.8 Å². The normalized spacial score (nSPS) is 10.3. The molecule has 0 fully saturated rings. The van der Waals surface area contributed by atoms with E-state index in [1.54, 1.807) is 36.4 Å². The van der Waals surface area contributed by atoms with Gasteiger partial charge in [-0.15, -0.1) is 0 Å². The molecular weight excluding hydrogens is 288 g/mol. The van der Waals surface area contributed by atoms with Crippen molar-refractivity contribution in [2.24, 2.45) is 0 Å². The highest BCUT2D eigenvalue weighted by molar-refractivity contribution is 5.83. The van der Waals surface area contributed by atoms with Gasteiger partial charge in [0.05, 0.1) is 23.0 Å². The average molecular weight is 302 g/mol. The van der Waals surface area contributed by atoms with Crippen LogP contribution in [-0.4, -0.2) is 15.1 Å². The van der Waals surface area contributed by atoms with Gasteiger partial charge in [-0.1, -0.05) is 24.3 Å². The van der Waals surface area contributed by atoms with Gasteiger partial charge < -0.3 is 10.8 Å². The molecule has 0 amide bonds. The highest BCUT2D eigenvalue weighted by atomic mass is 16.3. The Bertz CT molecular complexity index is 929. The Labute approximate surface area is 133 Å². The van der Waals surface area contributed by atoms with Crippen molar-refractivity contribution in [2.45, 2.75) is 6.92 Å². The summed E-state index contributed by atoms with van der Waals surface area (Å²) in [5.41, 5.74) is 10.0. The second-order valence-corrected chi connectivity index (χ2v) is 5.13. The van der Waals surface area contributed by atoms with Crippen molar-refractivity contribution in [3.63, 3.8) is 0 Å². The highest BCUT2D eigenvalue weighted by Gasteiger charge is 2.15. The maximum absolute atomic E-state index is 9.75. The van der Waals surface area contributed by atoms with Crippen molar-refractivity contribution in [3.05, 3.63) is 59.8 Å². The van der Waals surface area contributed by atoms with E-state index < -0.39 is 0 Å². The molecule has 1 aromatic heterocycles. The van der Waals surface area contributed by atoms with Crippen LogP contribution in [0, 0.1) is 18.3 Å². The van der Waals surface area contributed by atoms with Crippen molar-refractivity contribution >= 4 is 5.95 Å². The predicted octanol–water partition coefficient (Wildman–Crippen LogP) is 3.28. The largest absolute Gasteiger partial charge is 0.508 e. The Morgan fingerprint density at radius 1 is 1.04 bits per heavy atom. The summed E-state index contributed by atoms with van der Waals surface area (Å²) in [4.78, 5) is 8.59. The minimum atomic E-state index is 0.162. The second-order valence-electron chi connectivity index (χ2n) is 5.13. The lowest BCUT2D eigenvalue weighted by Gasteiger charge is -2.13. The fourth-order valence-corrected chi connectivity index (χ4v) is 2.55. The fourth-order valence-electron chi connectivity index (χ4n) is 2.55. The van der Waals surface area contributed by atoms with Crippen LogP contribution in [0.2, 0.25) is 0 Å². The zero-order chi connectivity index (χ0) is 16.4. The van der Waals surface area contributed by atoms with Gasteiger partial charge in [0.15, 0.2) is 0 Å². The number of hydrogen-bond donors (Lipinski definition) is 2. The summed E-state index contributed by atoms with van der Waals surface area (Å²) >= 11 is 0. The molecule has 0 aliphatic rings. The molecule has 5 nitrogen and oxygen atoms in total. The van der Waals surface area contributed by atoms with Crippen LogP contribution < -0.4 is 5.73 Å². The summed E-state index contributed by atoms with van der Waals surface area (Å²) < 4.78 is 0. The molecule has 23 heavy (non-hydrogen) atoms. The Hall–Kier alpha value is -3.39. The third kappa shape index (κ3) is 2.83. The first kappa shape index (κ1) is 14.5. The van der Waals surface area contributed by atoms with Gasteiger partial charge in [-0.3, -0.25) is 0 Å². The van der Waals surface area contributed by atoms with Crippen molar-refractivity contribution in [1.29, 1.82) is 5.26 Å². The van der Waals surface area contributed by atoms with E-state index in [4.69, 9.17) is 11.0 Å². The molecule has 2 aromatic carbocycles. The van der Waals surface area contributed by atoms with Crippen LogP contribution in [0.25, 0.3) is 22.4 Å². The van der Waals surface area contributed by atoms with Crippen LogP contribution in [0.4, 0.5) is 5.95 Å². The quantitative estimate of drug-likeness (QED) is 0.757. The number of phenols is 1. The molecule has 0 saturated carbocycles. The standard InChI is InChI=1S/C18H14N4O/c1-11-16(13-5-3-7-15(23)9-13)17(22-18(20)21-11)14-6-2-4-12(8-14)10-19/h2-9,23H,1H3,(H2,20,21,22). The van der Waals surface area contributed by atoms with Gasteiger partial charge in [0.2, 0.25) is 5.95 Å². The Balaban J connectivity index is 2.30. The first-order valence-electron chi connectivity index (χ1n) is 7.02. The van der Waals surface area contributed by atoms with E-state index in [0.29, 0.717) is 17.0 Å². The highest BCUT2D eigenvalue weighted by Crippen LogP contribution is 2.34. The summed E-state index contributed by atoms with van der Waals surface area (Å²) in [6, 6.07) is 16.2. The Morgan fingerprint density at radius 2 is 1.78 bits per heavy atom. The van der Waals surface area contributed by atoms with Crippen LogP contribution in [0.3, 0.4) is 0 Å². The molecule has 5 heteroatoms. The molecule has 0 bridgehead atoms. The Morgan fingerprint density at radius 3 is 2.52 bits per heavy atom. The first-order chi connectivity index (χ1) is 11.1. The van der Waals surface area contributed by atoms with Crippen LogP contribution in [0.5, 0.6) is 5.75 Å². The maximum Gasteiger partial charge on any atom is 0.220 e. The zero-order valence-corrected chi connectivity index (χ0v) is 12.5.